The van der Waals surface area contributed by atoms with E-state index in [1.54, 1.807) is 6.20 Å². The summed E-state index contributed by atoms with van der Waals surface area (Å²) in [6.07, 6.45) is 1.70. The Labute approximate surface area is 131 Å². The number of H-pyrrole nitrogens is 1. The van der Waals surface area contributed by atoms with Crippen molar-refractivity contribution in [3.63, 3.8) is 0 Å². The number of aromatic amines is 1. The molecule has 22 heavy (non-hydrogen) atoms. The summed E-state index contributed by atoms with van der Waals surface area (Å²) in [5, 5.41) is 6.00. The summed E-state index contributed by atoms with van der Waals surface area (Å²) in [5.74, 6) is 0. The predicted octanol–water partition coefficient (Wildman–Crippen LogP) is 3.78. The van der Waals surface area contributed by atoms with E-state index in [0.29, 0.717) is 16.3 Å². The van der Waals surface area contributed by atoms with E-state index in [9.17, 15) is 4.79 Å². The van der Waals surface area contributed by atoms with Crippen LogP contribution in [0.25, 0.3) is 27.8 Å². The molecule has 4 nitrogen and oxygen atoms in total. The largest absolute Gasteiger partial charge is 0.360 e. The maximum Gasteiger partial charge on any atom is 0.282 e. The van der Waals surface area contributed by atoms with Crippen LogP contribution in [0.15, 0.2) is 53.5 Å². The number of hydrogen-bond donors (Lipinski definition) is 1. The number of aryl methyl sites for hydroxylation is 1. The van der Waals surface area contributed by atoms with Gasteiger partial charge in [-0.1, -0.05) is 29.8 Å². The van der Waals surface area contributed by atoms with Crippen LogP contribution in [0.5, 0.6) is 0 Å². The highest BCUT2D eigenvalue weighted by Gasteiger charge is 2.19. The van der Waals surface area contributed by atoms with Gasteiger partial charge in [0.25, 0.3) is 5.56 Å². The first-order chi connectivity index (χ1) is 10.6. The first-order valence-corrected chi connectivity index (χ1v) is 7.28. The second-order valence-corrected chi connectivity index (χ2v) is 5.68. The Balaban J connectivity index is 2.10. The van der Waals surface area contributed by atoms with Crippen LogP contribution in [0.1, 0.15) is 5.56 Å². The number of halogens is 1. The Kier molecular flexibility index (Phi) is 2.81. The number of rotatable bonds is 1. The third-order valence-electron chi connectivity index (χ3n) is 3.83. The topological polar surface area (TPSA) is 50.7 Å². The van der Waals surface area contributed by atoms with Crippen molar-refractivity contribution in [2.24, 2.45) is 0 Å². The molecule has 1 N–H and O–H groups in total. The van der Waals surface area contributed by atoms with E-state index >= 15 is 0 Å². The number of benzene rings is 2. The van der Waals surface area contributed by atoms with Gasteiger partial charge in [0.2, 0.25) is 0 Å². The minimum Gasteiger partial charge on any atom is -0.360 e. The molecule has 0 bridgehead atoms. The van der Waals surface area contributed by atoms with Gasteiger partial charge in [0.15, 0.2) is 0 Å². The van der Waals surface area contributed by atoms with Gasteiger partial charge >= 0.3 is 0 Å². The zero-order chi connectivity index (χ0) is 15.3. The van der Waals surface area contributed by atoms with Gasteiger partial charge in [0.1, 0.15) is 5.69 Å². The Morgan fingerprint density at radius 2 is 2.00 bits per heavy atom. The summed E-state index contributed by atoms with van der Waals surface area (Å²) in [5.41, 5.74) is 3.76. The highest BCUT2D eigenvalue weighted by molar-refractivity contribution is 6.31. The average Bonchev–Trinajstić information content (AvgIpc) is 2.85. The summed E-state index contributed by atoms with van der Waals surface area (Å²) < 4.78 is 1.45. The molecule has 2 aromatic carbocycles. The zero-order valence-corrected chi connectivity index (χ0v) is 12.6. The molecule has 5 heteroatoms. The lowest BCUT2D eigenvalue weighted by Crippen LogP contribution is -2.15. The van der Waals surface area contributed by atoms with Crippen molar-refractivity contribution in [2.75, 3.05) is 0 Å². The van der Waals surface area contributed by atoms with Crippen molar-refractivity contribution in [3.8, 4) is 16.9 Å². The van der Waals surface area contributed by atoms with Crippen molar-refractivity contribution in [2.45, 2.75) is 6.92 Å². The lowest BCUT2D eigenvalue weighted by molar-refractivity contribution is 0.852. The summed E-state index contributed by atoms with van der Waals surface area (Å²) >= 11 is 6.08. The molecule has 2 aliphatic rings. The van der Waals surface area contributed by atoms with Crippen molar-refractivity contribution < 1.29 is 0 Å². The SMILES string of the molecule is Cc1ccccc1-n1nc2c3cc(Cl)ccc3[nH]cc-2c1=O. The molecule has 4 rings (SSSR count). The highest BCUT2D eigenvalue weighted by Crippen LogP contribution is 2.28. The van der Waals surface area contributed by atoms with Gasteiger partial charge in [-0.15, -0.1) is 0 Å². The van der Waals surface area contributed by atoms with Crippen molar-refractivity contribution >= 4 is 22.5 Å². The third-order valence-corrected chi connectivity index (χ3v) is 4.07. The fraction of sp³-hybridized carbons (Fsp3) is 0.0588. The van der Waals surface area contributed by atoms with Gasteiger partial charge < -0.3 is 4.98 Å². The quantitative estimate of drug-likeness (QED) is 0.582. The van der Waals surface area contributed by atoms with Crippen LogP contribution in [-0.4, -0.2) is 14.8 Å². The maximum atomic E-state index is 12.7. The number of hydrogen-bond acceptors (Lipinski definition) is 2. The number of fused-ring (bicyclic) bond motifs is 3. The second-order valence-electron chi connectivity index (χ2n) is 5.24. The highest BCUT2D eigenvalue weighted by atomic mass is 35.5. The maximum absolute atomic E-state index is 12.7. The van der Waals surface area contributed by atoms with Gasteiger partial charge in [-0.2, -0.15) is 9.78 Å². The van der Waals surface area contributed by atoms with E-state index in [4.69, 9.17) is 11.6 Å². The molecule has 0 amide bonds. The van der Waals surface area contributed by atoms with Crippen molar-refractivity contribution in [1.29, 1.82) is 0 Å². The molecule has 0 atom stereocenters. The van der Waals surface area contributed by atoms with Crippen LogP contribution in [-0.2, 0) is 0 Å². The first-order valence-electron chi connectivity index (χ1n) is 6.91. The fourth-order valence-electron chi connectivity index (χ4n) is 2.70. The van der Waals surface area contributed by atoms with Crippen LogP contribution in [0.4, 0.5) is 0 Å². The van der Waals surface area contributed by atoms with Gasteiger partial charge in [0.05, 0.1) is 11.3 Å². The Morgan fingerprint density at radius 1 is 1.18 bits per heavy atom. The zero-order valence-electron chi connectivity index (χ0n) is 11.8. The van der Waals surface area contributed by atoms with Gasteiger partial charge in [0, 0.05) is 22.1 Å². The molecule has 0 aromatic heterocycles. The van der Waals surface area contributed by atoms with Gasteiger partial charge in [-0.3, -0.25) is 4.79 Å². The number of pyridine rings is 1. The molecule has 0 aliphatic carbocycles. The fourth-order valence-corrected chi connectivity index (χ4v) is 2.87. The van der Waals surface area contributed by atoms with E-state index in [2.05, 4.69) is 10.1 Å². The van der Waals surface area contributed by atoms with Crippen LogP contribution in [0, 0.1) is 6.92 Å². The van der Waals surface area contributed by atoms with Crippen LogP contribution >= 0.6 is 11.6 Å². The second kappa shape index (κ2) is 4.71. The monoisotopic (exact) mass is 309 g/mol. The molecule has 0 saturated carbocycles. The summed E-state index contributed by atoms with van der Waals surface area (Å²) in [7, 11) is 0. The van der Waals surface area contributed by atoms with E-state index in [1.807, 2.05) is 49.4 Å². The van der Waals surface area contributed by atoms with Crippen molar-refractivity contribution in [1.82, 2.24) is 14.8 Å². The van der Waals surface area contributed by atoms with Gasteiger partial charge in [-0.25, -0.2) is 0 Å². The molecule has 2 heterocycles. The standard InChI is InChI=1S/C17H12ClN3O/c1-10-4-2-3-5-15(10)21-17(22)13-9-19-14-7-6-11(18)8-12(14)16(13)20-21/h2-9,19H,1H3. The Morgan fingerprint density at radius 3 is 2.82 bits per heavy atom. The molecular weight excluding hydrogens is 298 g/mol. The molecule has 108 valence electrons. The van der Waals surface area contributed by atoms with E-state index in [0.717, 1.165) is 22.2 Å². The molecule has 2 aliphatic heterocycles. The van der Waals surface area contributed by atoms with E-state index in [1.165, 1.54) is 4.68 Å². The Hall–Kier alpha value is -2.59. The average molecular weight is 310 g/mol. The molecule has 0 unspecified atom stereocenters. The lowest BCUT2D eigenvalue weighted by atomic mass is 10.1. The Bertz CT molecular complexity index is 1030. The minimum absolute atomic E-state index is 0.137. The number of aromatic nitrogens is 3. The summed E-state index contributed by atoms with van der Waals surface area (Å²) in [6, 6.07) is 13.2. The third kappa shape index (κ3) is 1.84. The van der Waals surface area contributed by atoms with Crippen LogP contribution in [0.3, 0.4) is 0 Å². The van der Waals surface area contributed by atoms with Crippen LogP contribution in [0.2, 0.25) is 5.02 Å². The lowest BCUT2D eigenvalue weighted by Gasteiger charge is -2.03. The van der Waals surface area contributed by atoms with Gasteiger partial charge in [-0.05, 0) is 36.8 Å². The molecule has 0 radical (unpaired) electrons. The molecule has 0 fully saturated rings. The molecule has 0 spiro atoms. The molecule has 2 aromatic rings. The first kappa shape index (κ1) is 13.1. The molecule has 0 saturated heterocycles. The van der Waals surface area contributed by atoms with E-state index < -0.39 is 0 Å². The normalized spacial score (nSPS) is 11.4. The number of nitrogens with zero attached hydrogens (tertiary/aromatic N) is 2. The van der Waals surface area contributed by atoms with Crippen molar-refractivity contribution in [3.05, 3.63) is 69.6 Å². The van der Waals surface area contributed by atoms with Crippen LogP contribution < -0.4 is 5.56 Å². The number of nitrogens with one attached hydrogen (secondary N) is 1. The summed E-state index contributed by atoms with van der Waals surface area (Å²) in [4.78, 5) is 15.8. The predicted molar refractivity (Wildman–Crippen MR) is 88.1 cm³/mol. The van der Waals surface area contributed by atoms with E-state index in [-0.39, 0.29) is 5.56 Å². The molecular formula is C17H12ClN3O. The smallest absolute Gasteiger partial charge is 0.282 e. The summed E-state index contributed by atoms with van der Waals surface area (Å²) in [6.45, 7) is 1.96. The minimum atomic E-state index is -0.137. The number of para-hydroxylation sites is 1.